The van der Waals surface area contributed by atoms with Crippen LogP contribution in [-0.4, -0.2) is 29.6 Å². The summed E-state index contributed by atoms with van der Waals surface area (Å²) in [6.45, 7) is 0.481. The van der Waals surface area contributed by atoms with Crippen molar-refractivity contribution < 1.29 is 14.3 Å². The molecule has 6 nitrogen and oxygen atoms in total. The zero-order valence-corrected chi connectivity index (χ0v) is 17.5. The lowest BCUT2D eigenvalue weighted by molar-refractivity contribution is -0.122. The Kier molecular flexibility index (Phi) is 5.34. The van der Waals surface area contributed by atoms with Crippen LogP contribution >= 0.6 is 0 Å². The van der Waals surface area contributed by atoms with Gasteiger partial charge in [-0.2, -0.15) is 0 Å². The van der Waals surface area contributed by atoms with Crippen molar-refractivity contribution in [2.45, 2.75) is 18.9 Å². The van der Waals surface area contributed by atoms with Crippen molar-refractivity contribution in [2.24, 2.45) is 0 Å². The molecule has 1 aliphatic rings. The largest absolute Gasteiger partial charge is 0.420 e. The van der Waals surface area contributed by atoms with E-state index < -0.39 is 12.1 Å². The molecule has 32 heavy (non-hydrogen) atoms. The van der Waals surface area contributed by atoms with Crippen molar-refractivity contribution in [1.82, 2.24) is 10.3 Å². The molecule has 1 unspecified atom stereocenters. The number of H-pyrrole nitrogens is 1. The maximum absolute atomic E-state index is 13.1. The van der Waals surface area contributed by atoms with Crippen LogP contribution in [0.3, 0.4) is 0 Å². The summed E-state index contributed by atoms with van der Waals surface area (Å²) >= 11 is 0. The monoisotopic (exact) mass is 425 g/mol. The van der Waals surface area contributed by atoms with Crippen LogP contribution in [0.25, 0.3) is 10.9 Å². The van der Waals surface area contributed by atoms with Gasteiger partial charge in [-0.15, -0.1) is 0 Å². The second-order valence-corrected chi connectivity index (χ2v) is 7.80. The normalized spacial score (nSPS) is 14.9. The molecule has 4 aromatic rings. The van der Waals surface area contributed by atoms with Crippen LogP contribution < -0.4 is 15.0 Å². The molecule has 2 heterocycles. The molecule has 160 valence electrons. The van der Waals surface area contributed by atoms with Gasteiger partial charge in [-0.25, -0.2) is 4.79 Å². The van der Waals surface area contributed by atoms with Gasteiger partial charge in [0.2, 0.25) is 5.91 Å². The van der Waals surface area contributed by atoms with E-state index in [2.05, 4.69) is 16.4 Å². The topological polar surface area (TPSA) is 74.4 Å². The molecule has 0 radical (unpaired) electrons. The second-order valence-electron chi connectivity index (χ2n) is 7.80. The van der Waals surface area contributed by atoms with E-state index in [9.17, 15) is 9.59 Å². The van der Waals surface area contributed by atoms with Gasteiger partial charge in [-0.3, -0.25) is 9.69 Å². The second kappa shape index (κ2) is 8.59. The number of hydrogen-bond acceptors (Lipinski definition) is 3. The molecular weight excluding hydrogens is 402 g/mol. The molecule has 1 aliphatic heterocycles. The number of para-hydroxylation sites is 3. The first kappa shape index (κ1) is 19.9. The van der Waals surface area contributed by atoms with Gasteiger partial charge in [-0.1, -0.05) is 54.6 Å². The molecule has 2 amide bonds. The van der Waals surface area contributed by atoms with Crippen LogP contribution in [0.5, 0.6) is 5.75 Å². The summed E-state index contributed by atoms with van der Waals surface area (Å²) < 4.78 is 5.55. The SMILES string of the molecule is O=C(NCCc1c[nH]c2ccccc12)C1Cc2ccccc2N1C(=O)Oc1ccccc1. The minimum atomic E-state index is -0.647. The molecule has 3 aromatic carbocycles. The average Bonchev–Trinajstić information content (AvgIpc) is 3.41. The Morgan fingerprint density at radius 2 is 1.72 bits per heavy atom. The molecule has 0 saturated carbocycles. The van der Waals surface area contributed by atoms with Crippen molar-refractivity contribution in [2.75, 3.05) is 11.4 Å². The smallest absolute Gasteiger partial charge is 0.410 e. The summed E-state index contributed by atoms with van der Waals surface area (Å²) in [5, 5.41) is 4.16. The van der Waals surface area contributed by atoms with Gasteiger partial charge in [0, 0.05) is 30.1 Å². The van der Waals surface area contributed by atoms with Gasteiger partial charge >= 0.3 is 6.09 Å². The highest BCUT2D eigenvalue weighted by atomic mass is 16.6. The van der Waals surface area contributed by atoms with Crippen molar-refractivity contribution in [3.05, 3.63) is 96.2 Å². The summed E-state index contributed by atoms with van der Waals surface area (Å²) in [6.07, 6.45) is 2.58. The van der Waals surface area contributed by atoms with E-state index in [-0.39, 0.29) is 5.91 Å². The Morgan fingerprint density at radius 1 is 0.969 bits per heavy atom. The number of hydrogen-bond donors (Lipinski definition) is 2. The van der Waals surface area contributed by atoms with E-state index in [4.69, 9.17) is 4.74 Å². The fourth-order valence-electron chi connectivity index (χ4n) is 4.24. The number of rotatable bonds is 5. The fraction of sp³-hybridized carbons (Fsp3) is 0.154. The van der Waals surface area contributed by atoms with Gasteiger partial charge in [-0.05, 0) is 41.8 Å². The minimum Gasteiger partial charge on any atom is -0.410 e. The third kappa shape index (κ3) is 3.83. The van der Waals surface area contributed by atoms with Crippen LogP contribution in [0.15, 0.2) is 85.1 Å². The van der Waals surface area contributed by atoms with Crippen LogP contribution in [0.4, 0.5) is 10.5 Å². The van der Waals surface area contributed by atoms with E-state index in [1.807, 2.05) is 54.7 Å². The number of carbonyl (C=O) groups excluding carboxylic acids is 2. The number of anilines is 1. The summed E-state index contributed by atoms with van der Waals surface area (Å²) in [7, 11) is 0. The number of nitrogens with zero attached hydrogens (tertiary/aromatic N) is 1. The summed E-state index contributed by atoms with van der Waals surface area (Å²) in [5.41, 5.74) is 3.89. The Bertz CT molecular complexity index is 1270. The summed E-state index contributed by atoms with van der Waals surface area (Å²) in [6, 6.07) is 23.9. The maximum Gasteiger partial charge on any atom is 0.420 e. The van der Waals surface area contributed by atoms with Crippen molar-refractivity contribution in [3.63, 3.8) is 0 Å². The van der Waals surface area contributed by atoms with Crippen LogP contribution in [0.2, 0.25) is 0 Å². The lowest BCUT2D eigenvalue weighted by atomic mass is 10.1. The van der Waals surface area contributed by atoms with Gasteiger partial charge in [0.15, 0.2) is 0 Å². The summed E-state index contributed by atoms with van der Waals surface area (Å²) in [4.78, 5) is 30.8. The van der Waals surface area contributed by atoms with E-state index in [0.717, 1.165) is 22.0 Å². The van der Waals surface area contributed by atoms with E-state index in [1.54, 1.807) is 24.3 Å². The predicted molar refractivity (Wildman–Crippen MR) is 124 cm³/mol. The van der Waals surface area contributed by atoms with Gasteiger partial charge in [0.05, 0.1) is 5.69 Å². The molecule has 2 N–H and O–H groups in total. The van der Waals surface area contributed by atoms with E-state index in [0.29, 0.717) is 30.8 Å². The number of amides is 2. The Labute approximate surface area is 185 Å². The Morgan fingerprint density at radius 3 is 2.59 bits per heavy atom. The lowest BCUT2D eigenvalue weighted by Gasteiger charge is -2.24. The first-order valence-electron chi connectivity index (χ1n) is 10.7. The molecule has 0 bridgehead atoms. The van der Waals surface area contributed by atoms with Crippen molar-refractivity contribution >= 4 is 28.6 Å². The molecular formula is C26H23N3O3. The van der Waals surface area contributed by atoms with Gasteiger partial charge < -0.3 is 15.0 Å². The number of carbonyl (C=O) groups is 2. The molecule has 0 aliphatic carbocycles. The van der Waals surface area contributed by atoms with Crippen LogP contribution in [0, 0.1) is 0 Å². The fourth-order valence-corrected chi connectivity index (χ4v) is 4.24. The summed E-state index contributed by atoms with van der Waals surface area (Å²) in [5.74, 6) is 0.256. The first-order chi connectivity index (χ1) is 15.7. The highest BCUT2D eigenvalue weighted by molar-refractivity contribution is 6.01. The number of fused-ring (bicyclic) bond motifs is 2. The third-order valence-corrected chi connectivity index (χ3v) is 5.79. The molecule has 1 aromatic heterocycles. The van der Waals surface area contributed by atoms with Crippen LogP contribution in [0.1, 0.15) is 11.1 Å². The minimum absolute atomic E-state index is 0.189. The molecule has 6 heteroatoms. The number of aromatic nitrogens is 1. The molecule has 0 saturated heterocycles. The average molecular weight is 425 g/mol. The van der Waals surface area contributed by atoms with Crippen molar-refractivity contribution in [3.8, 4) is 5.75 Å². The Balaban J connectivity index is 1.29. The zero-order chi connectivity index (χ0) is 21.9. The van der Waals surface area contributed by atoms with Gasteiger partial charge in [0.1, 0.15) is 11.8 Å². The highest BCUT2D eigenvalue weighted by Gasteiger charge is 2.39. The lowest BCUT2D eigenvalue weighted by Crippen LogP contribution is -2.49. The maximum atomic E-state index is 13.1. The number of aromatic amines is 1. The zero-order valence-electron chi connectivity index (χ0n) is 17.5. The van der Waals surface area contributed by atoms with Crippen LogP contribution in [-0.2, 0) is 17.6 Å². The highest BCUT2D eigenvalue weighted by Crippen LogP contribution is 2.33. The number of ether oxygens (including phenoxy) is 1. The molecule has 0 fully saturated rings. The molecule has 1 atom stereocenters. The third-order valence-electron chi connectivity index (χ3n) is 5.79. The van der Waals surface area contributed by atoms with E-state index in [1.165, 1.54) is 4.90 Å². The number of nitrogens with one attached hydrogen (secondary N) is 2. The van der Waals surface area contributed by atoms with Crippen molar-refractivity contribution in [1.29, 1.82) is 0 Å². The quantitative estimate of drug-likeness (QED) is 0.496. The standard InChI is InChI=1S/C26H23N3O3/c30-25(27-15-14-19-17-28-22-12-6-5-11-21(19)22)24-16-18-8-4-7-13-23(18)29(24)26(31)32-20-9-2-1-3-10-20/h1-13,17,24,28H,14-16H2,(H,27,30). The molecule has 0 spiro atoms. The van der Waals surface area contributed by atoms with E-state index >= 15 is 0 Å². The Hall–Kier alpha value is -4.06. The van der Waals surface area contributed by atoms with Gasteiger partial charge in [0.25, 0.3) is 0 Å². The molecule has 5 rings (SSSR count). The predicted octanol–water partition coefficient (Wildman–Crippen LogP) is 4.46. The number of benzene rings is 3. The first-order valence-corrected chi connectivity index (χ1v) is 10.7.